The summed E-state index contributed by atoms with van der Waals surface area (Å²) in [6.45, 7) is 0. The number of thioether (sulfide) groups is 1. The third-order valence-corrected chi connectivity index (χ3v) is 4.25. The Morgan fingerprint density at radius 1 is 1.07 bits per heavy atom. The standard InChI is InChI=1S/C18H13F4NO3S/c19-12-7-5-11(6-8-12)9-15(17(25)26)27-10-16(24)23-14-4-2-1-3-13(14)18(20,21)22/h1-9H,10H2,(H,23,24)(H,25,26). The van der Waals surface area contributed by atoms with E-state index >= 15 is 0 Å². The van der Waals surface area contributed by atoms with Gasteiger partial charge in [-0.2, -0.15) is 13.2 Å². The number of para-hydroxylation sites is 1. The van der Waals surface area contributed by atoms with Gasteiger partial charge in [-0.25, -0.2) is 9.18 Å². The van der Waals surface area contributed by atoms with Crippen LogP contribution < -0.4 is 5.32 Å². The molecule has 0 saturated heterocycles. The van der Waals surface area contributed by atoms with Gasteiger partial charge in [-0.15, -0.1) is 11.8 Å². The number of benzene rings is 2. The van der Waals surface area contributed by atoms with Crippen molar-refractivity contribution in [2.45, 2.75) is 6.18 Å². The van der Waals surface area contributed by atoms with E-state index in [-0.39, 0.29) is 4.91 Å². The number of hydrogen-bond acceptors (Lipinski definition) is 3. The van der Waals surface area contributed by atoms with Crippen molar-refractivity contribution in [2.75, 3.05) is 11.1 Å². The largest absolute Gasteiger partial charge is 0.477 e. The summed E-state index contributed by atoms with van der Waals surface area (Å²) in [6, 6.07) is 9.50. The minimum Gasteiger partial charge on any atom is -0.477 e. The van der Waals surface area contributed by atoms with E-state index in [1.165, 1.54) is 30.3 Å². The number of amides is 1. The van der Waals surface area contributed by atoms with E-state index in [0.717, 1.165) is 24.3 Å². The van der Waals surface area contributed by atoms with Crippen molar-refractivity contribution < 1.29 is 32.3 Å². The molecule has 0 heterocycles. The molecule has 0 bridgehead atoms. The summed E-state index contributed by atoms with van der Waals surface area (Å²) < 4.78 is 51.6. The van der Waals surface area contributed by atoms with Gasteiger partial charge >= 0.3 is 12.1 Å². The molecular formula is C18H13F4NO3S. The number of carbonyl (C=O) groups is 2. The second-order valence-electron chi connectivity index (χ2n) is 5.25. The summed E-state index contributed by atoms with van der Waals surface area (Å²) in [7, 11) is 0. The first-order chi connectivity index (χ1) is 12.7. The van der Waals surface area contributed by atoms with E-state index in [0.29, 0.717) is 17.3 Å². The second kappa shape index (κ2) is 8.72. The Kier molecular flexibility index (Phi) is 6.62. The van der Waals surface area contributed by atoms with Gasteiger partial charge in [0, 0.05) is 0 Å². The molecule has 0 radical (unpaired) electrons. The molecule has 0 unspecified atom stereocenters. The third kappa shape index (κ3) is 6.14. The number of hydrogen-bond donors (Lipinski definition) is 2. The van der Waals surface area contributed by atoms with Crippen LogP contribution in [0.5, 0.6) is 0 Å². The maximum Gasteiger partial charge on any atom is 0.418 e. The first kappa shape index (κ1) is 20.5. The number of carboxylic acids is 1. The Bertz CT molecular complexity index is 864. The highest BCUT2D eigenvalue weighted by atomic mass is 32.2. The lowest BCUT2D eigenvalue weighted by atomic mass is 10.1. The van der Waals surface area contributed by atoms with E-state index in [1.807, 2.05) is 0 Å². The zero-order valence-corrected chi connectivity index (χ0v) is 14.4. The predicted octanol–water partition coefficient (Wildman–Crippen LogP) is 4.64. The molecule has 0 aliphatic rings. The minimum atomic E-state index is -4.63. The zero-order chi connectivity index (χ0) is 20.0. The molecule has 0 aromatic heterocycles. The fraction of sp³-hybridized carbons (Fsp3) is 0.111. The van der Waals surface area contributed by atoms with E-state index in [2.05, 4.69) is 5.32 Å². The van der Waals surface area contributed by atoms with Crippen LogP contribution in [0, 0.1) is 5.82 Å². The second-order valence-corrected chi connectivity index (χ2v) is 6.26. The normalized spacial score (nSPS) is 11.9. The molecule has 0 aliphatic carbocycles. The van der Waals surface area contributed by atoms with Crippen LogP contribution >= 0.6 is 11.8 Å². The van der Waals surface area contributed by atoms with E-state index in [4.69, 9.17) is 0 Å². The lowest BCUT2D eigenvalue weighted by Gasteiger charge is -2.13. The Morgan fingerprint density at radius 2 is 1.70 bits per heavy atom. The summed E-state index contributed by atoms with van der Waals surface area (Å²) in [6.07, 6.45) is -3.39. The van der Waals surface area contributed by atoms with Crippen molar-refractivity contribution in [2.24, 2.45) is 0 Å². The van der Waals surface area contributed by atoms with Gasteiger partial charge < -0.3 is 10.4 Å². The molecule has 0 aliphatic heterocycles. The Hall–Kier alpha value is -2.81. The maximum atomic E-state index is 12.9. The van der Waals surface area contributed by atoms with E-state index in [9.17, 15) is 32.3 Å². The average molecular weight is 399 g/mol. The Morgan fingerprint density at radius 3 is 2.30 bits per heavy atom. The fourth-order valence-electron chi connectivity index (χ4n) is 2.04. The molecule has 1 amide bonds. The number of halogens is 4. The van der Waals surface area contributed by atoms with Gasteiger partial charge in [0.05, 0.1) is 21.9 Å². The van der Waals surface area contributed by atoms with Gasteiger partial charge in [0.25, 0.3) is 0 Å². The highest BCUT2D eigenvalue weighted by Gasteiger charge is 2.33. The molecule has 2 aromatic rings. The third-order valence-electron chi connectivity index (χ3n) is 3.24. The highest BCUT2D eigenvalue weighted by Crippen LogP contribution is 2.34. The first-order valence-electron chi connectivity index (χ1n) is 7.46. The Balaban J connectivity index is 2.07. The van der Waals surface area contributed by atoms with Gasteiger partial charge in [0.15, 0.2) is 0 Å². The first-order valence-corrected chi connectivity index (χ1v) is 8.45. The zero-order valence-electron chi connectivity index (χ0n) is 13.6. The van der Waals surface area contributed by atoms with Gasteiger partial charge in [-0.05, 0) is 35.9 Å². The molecule has 27 heavy (non-hydrogen) atoms. The van der Waals surface area contributed by atoms with Crippen molar-refractivity contribution in [3.63, 3.8) is 0 Å². The molecule has 2 N–H and O–H groups in total. The van der Waals surface area contributed by atoms with Gasteiger partial charge in [0.1, 0.15) is 5.82 Å². The van der Waals surface area contributed by atoms with E-state index < -0.39 is 40.9 Å². The molecule has 0 atom stereocenters. The number of carboxylic acid groups (broad SMARTS) is 1. The number of aliphatic carboxylic acids is 1. The van der Waals surface area contributed by atoms with Crippen molar-refractivity contribution >= 4 is 35.4 Å². The lowest BCUT2D eigenvalue weighted by Crippen LogP contribution is -2.18. The molecule has 2 rings (SSSR count). The summed E-state index contributed by atoms with van der Waals surface area (Å²) in [5.74, 6) is -3.00. The maximum absolute atomic E-state index is 12.9. The number of rotatable bonds is 6. The van der Waals surface area contributed by atoms with Crippen LogP contribution in [0.4, 0.5) is 23.2 Å². The fourth-order valence-corrected chi connectivity index (χ4v) is 2.75. The number of anilines is 1. The van der Waals surface area contributed by atoms with Crippen LogP contribution in [0.15, 0.2) is 53.4 Å². The average Bonchev–Trinajstić information content (AvgIpc) is 2.59. The van der Waals surface area contributed by atoms with Crippen molar-refractivity contribution in [1.29, 1.82) is 0 Å². The van der Waals surface area contributed by atoms with E-state index in [1.54, 1.807) is 0 Å². The van der Waals surface area contributed by atoms with Crippen LogP contribution in [0.3, 0.4) is 0 Å². The van der Waals surface area contributed by atoms with Crippen molar-refractivity contribution in [1.82, 2.24) is 0 Å². The Labute approximate surface area is 155 Å². The lowest BCUT2D eigenvalue weighted by molar-refractivity contribution is -0.137. The number of carbonyl (C=O) groups excluding carboxylic acids is 1. The molecule has 0 saturated carbocycles. The number of nitrogens with one attached hydrogen (secondary N) is 1. The van der Waals surface area contributed by atoms with Gasteiger partial charge in [-0.1, -0.05) is 24.3 Å². The summed E-state index contributed by atoms with van der Waals surface area (Å²) in [5, 5.41) is 11.3. The molecule has 0 spiro atoms. The molecule has 0 fully saturated rings. The summed E-state index contributed by atoms with van der Waals surface area (Å²) >= 11 is 0.644. The molecule has 9 heteroatoms. The highest BCUT2D eigenvalue weighted by molar-refractivity contribution is 8.04. The quantitative estimate of drug-likeness (QED) is 0.549. The summed E-state index contributed by atoms with van der Waals surface area (Å²) in [5.41, 5.74) is -0.997. The van der Waals surface area contributed by atoms with Crippen LogP contribution in [0.2, 0.25) is 0 Å². The van der Waals surface area contributed by atoms with Gasteiger partial charge in [-0.3, -0.25) is 4.79 Å². The van der Waals surface area contributed by atoms with Crippen LogP contribution in [0.1, 0.15) is 11.1 Å². The molecular weight excluding hydrogens is 386 g/mol. The monoisotopic (exact) mass is 399 g/mol. The smallest absolute Gasteiger partial charge is 0.418 e. The predicted molar refractivity (Wildman–Crippen MR) is 94.5 cm³/mol. The van der Waals surface area contributed by atoms with Crippen molar-refractivity contribution in [3.05, 3.63) is 70.4 Å². The van der Waals surface area contributed by atoms with Crippen LogP contribution in [-0.4, -0.2) is 22.7 Å². The SMILES string of the molecule is O=C(CSC(=Cc1ccc(F)cc1)C(=O)O)Nc1ccccc1C(F)(F)F. The summed E-state index contributed by atoms with van der Waals surface area (Å²) in [4.78, 5) is 23.0. The van der Waals surface area contributed by atoms with Crippen molar-refractivity contribution in [3.8, 4) is 0 Å². The number of alkyl halides is 3. The van der Waals surface area contributed by atoms with Crippen LogP contribution in [0.25, 0.3) is 6.08 Å². The topological polar surface area (TPSA) is 66.4 Å². The van der Waals surface area contributed by atoms with Gasteiger partial charge in [0.2, 0.25) is 5.91 Å². The molecule has 4 nitrogen and oxygen atoms in total. The molecule has 142 valence electrons. The molecule has 2 aromatic carbocycles. The van der Waals surface area contributed by atoms with Crippen LogP contribution in [-0.2, 0) is 15.8 Å². The minimum absolute atomic E-state index is 0.208.